The van der Waals surface area contributed by atoms with Gasteiger partial charge in [0.2, 0.25) is 0 Å². The van der Waals surface area contributed by atoms with Crippen LogP contribution in [0.1, 0.15) is 56.3 Å². The molecule has 2 aliphatic rings. The van der Waals surface area contributed by atoms with Gasteiger partial charge in [0.1, 0.15) is 0 Å². The number of benzene rings is 1. The maximum absolute atomic E-state index is 5.83. The second-order valence-corrected chi connectivity index (χ2v) is 7.99. The number of hydrogen-bond donors (Lipinski definition) is 0. The van der Waals surface area contributed by atoms with Crippen molar-refractivity contribution in [3.05, 3.63) is 23.8 Å². The average molecular weight is 353 g/mol. The highest BCUT2D eigenvalue weighted by Crippen LogP contribution is 2.50. The number of alkyl halides is 1. The Morgan fingerprint density at radius 2 is 1.86 bits per heavy atom. The molecule has 3 heteroatoms. The highest BCUT2D eigenvalue weighted by Gasteiger charge is 2.37. The van der Waals surface area contributed by atoms with Crippen LogP contribution in [-0.4, -0.2) is 13.2 Å². The molecule has 1 aromatic carbocycles. The van der Waals surface area contributed by atoms with Crippen molar-refractivity contribution >= 4 is 15.9 Å². The fourth-order valence-corrected chi connectivity index (χ4v) is 4.91. The summed E-state index contributed by atoms with van der Waals surface area (Å²) in [7, 11) is 0. The Hall–Kier alpha value is -0.700. The van der Waals surface area contributed by atoms with E-state index < -0.39 is 0 Å². The van der Waals surface area contributed by atoms with Crippen LogP contribution in [0.25, 0.3) is 0 Å². The van der Waals surface area contributed by atoms with Crippen LogP contribution in [0.15, 0.2) is 18.2 Å². The Kier molecular flexibility index (Phi) is 4.49. The van der Waals surface area contributed by atoms with E-state index in [4.69, 9.17) is 9.47 Å². The Balaban J connectivity index is 1.84. The van der Waals surface area contributed by atoms with Gasteiger partial charge in [0, 0.05) is 11.2 Å². The van der Waals surface area contributed by atoms with Crippen LogP contribution in [0.5, 0.6) is 11.5 Å². The molecule has 3 rings (SSSR count). The molecule has 116 valence electrons. The predicted molar refractivity (Wildman–Crippen MR) is 89.5 cm³/mol. The second-order valence-electron chi connectivity index (χ2n) is 7.00. The minimum absolute atomic E-state index is 0.393. The van der Waals surface area contributed by atoms with Gasteiger partial charge in [-0.3, -0.25) is 0 Å². The zero-order valence-electron chi connectivity index (χ0n) is 13.0. The molecule has 0 aromatic heterocycles. The van der Waals surface area contributed by atoms with Crippen LogP contribution in [0, 0.1) is 11.3 Å². The number of fused-ring (bicyclic) bond motifs is 1. The van der Waals surface area contributed by atoms with Gasteiger partial charge in [-0.05, 0) is 41.9 Å². The molecule has 2 atom stereocenters. The third-order valence-electron chi connectivity index (χ3n) is 5.03. The van der Waals surface area contributed by atoms with Crippen LogP contribution in [0.4, 0.5) is 0 Å². The largest absolute Gasteiger partial charge is 0.490 e. The summed E-state index contributed by atoms with van der Waals surface area (Å²) in [5.41, 5.74) is 1.72. The van der Waals surface area contributed by atoms with Crippen LogP contribution in [-0.2, 0) is 0 Å². The molecular weight excluding hydrogens is 328 g/mol. The first-order valence-electron chi connectivity index (χ1n) is 8.11. The van der Waals surface area contributed by atoms with Crippen LogP contribution in [0.3, 0.4) is 0 Å². The minimum atomic E-state index is 0.393. The first-order chi connectivity index (χ1) is 10.1. The molecule has 1 heterocycles. The summed E-state index contributed by atoms with van der Waals surface area (Å²) in [6, 6.07) is 6.43. The van der Waals surface area contributed by atoms with Gasteiger partial charge in [-0.15, -0.1) is 0 Å². The summed E-state index contributed by atoms with van der Waals surface area (Å²) < 4.78 is 11.6. The van der Waals surface area contributed by atoms with Gasteiger partial charge in [0.15, 0.2) is 11.5 Å². The third-order valence-corrected chi connectivity index (χ3v) is 6.20. The molecule has 0 N–H and O–H groups in total. The molecule has 0 radical (unpaired) electrons. The average Bonchev–Trinajstić information content (AvgIpc) is 2.70. The Morgan fingerprint density at radius 3 is 2.62 bits per heavy atom. The number of ether oxygens (including phenoxy) is 2. The molecule has 0 bridgehead atoms. The number of hydrogen-bond acceptors (Lipinski definition) is 2. The van der Waals surface area contributed by atoms with Gasteiger partial charge in [-0.1, -0.05) is 48.7 Å². The van der Waals surface area contributed by atoms with E-state index in [9.17, 15) is 0 Å². The van der Waals surface area contributed by atoms with Crippen molar-refractivity contribution in [3.63, 3.8) is 0 Å². The molecule has 1 fully saturated rings. The first-order valence-corrected chi connectivity index (χ1v) is 9.03. The summed E-state index contributed by atoms with van der Waals surface area (Å²) in [6.45, 7) is 6.32. The van der Waals surface area contributed by atoms with Crippen LogP contribution in [0.2, 0.25) is 0 Å². The van der Waals surface area contributed by atoms with E-state index in [1.165, 1.54) is 31.2 Å². The Morgan fingerprint density at radius 1 is 1.10 bits per heavy atom. The number of halogens is 1. The molecule has 1 aliphatic heterocycles. The molecule has 2 nitrogen and oxygen atoms in total. The highest BCUT2D eigenvalue weighted by atomic mass is 79.9. The maximum Gasteiger partial charge on any atom is 0.161 e. The molecule has 21 heavy (non-hydrogen) atoms. The van der Waals surface area contributed by atoms with E-state index in [2.05, 4.69) is 48.0 Å². The molecular formula is C18H25BrO2. The lowest BCUT2D eigenvalue weighted by Crippen LogP contribution is -2.30. The quantitative estimate of drug-likeness (QED) is 0.654. The monoisotopic (exact) mass is 352 g/mol. The Labute approximate surface area is 136 Å². The normalized spacial score (nSPS) is 26.0. The standard InChI is InChI=1S/C18H25BrO2/c1-18(2)9-4-3-6-14(18)17(19)13-7-8-15-16(12-13)21-11-5-10-20-15/h7-8,12,14,17H,3-6,9-11H2,1-2H3. The summed E-state index contributed by atoms with van der Waals surface area (Å²) >= 11 is 3.97. The summed E-state index contributed by atoms with van der Waals surface area (Å²) in [6.07, 6.45) is 6.30. The third kappa shape index (κ3) is 3.23. The van der Waals surface area contributed by atoms with Crippen molar-refractivity contribution in [2.45, 2.75) is 50.8 Å². The fraction of sp³-hybridized carbons (Fsp3) is 0.667. The van der Waals surface area contributed by atoms with Crippen molar-refractivity contribution in [1.29, 1.82) is 0 Å². The summed E-state index contributed by atoms with van der Waals surface area (Å²) in [5, 5.41) is 0. The van der Waals surface area contributed by atoms with Gasteiger partial charge in [-0.25, -0.2) is 0 Å². The van der Waals surface area contributed by atoms with Crippen molar-refractivity contribution in [2.24, 2.45) is 11.3 Å². The van der Waals surface area contributed by atoms with E-state index in [1.54, 1.807) is 0 Å². The fourth-order valence-electron chi connectivity index (χ4n) is 3.65. The van der Waals surface area contributed by atoms with Gasteiger partial charge in [0.25, 0.3) is 0 Å². The van der Waals surface area contributed by atoms with E-state index in [0.717, 1.165) is 31.1 Å². The van der Waals surface area contributed by atoms with E-state index >= 15 is 0 Å². The molecule has 1 aliphatic carbocycles. The van der Waals surface area contributed by atoms with Crippen molar-refractivity contribution in [2.75, 3.05) is 13.2 Å². The molecule has 0 spiro atoms. The summed E-state index contributed by atoms with van der Waals surface area (Å²) in [5.74, 6) is 2.47. The van der Waals surface area contributed by atoms with Gasteiger partial charge >= 0.3 is 0 Å². The summed E-state index contributed by atoms with van der Waals surface area (Å²) in [4.78, 5) is 0.393. The van der Waals surface area contributed by atoms with Gasteiger partial charge < -0.3 is 9.47 Å². The zero-order chi connectivity index (χ0) is 14.9. The van der Waals surface area contributed by atoms with Gasteiger partial charge in [-0.2, -0.15) is 0 Å². The first kappa shape index (κ1) is 15.2. The van der Waals surface area contributed by atoms with E-state index in [1.807, 2.05) is 0 Å². The molecule has 0 saturated heterocycles. The molecule has 2 unspecified atom stereocenters. The molecule has 0 amide bonds. The maximum atomic E-state index is 5.83. The lowest BCUT2D eigenvalue weighted by Gasteiger charge is -2.41. The SMILES string of the molecule is CC1(C)CCCCC1C(Br)c1ccc2c(c1)OCCCO2. The van der Waals surface area contributed by atoms with Crippen molar-refractivity contribution in [3.8, 4) is 11.5 Å². The smallest absolute Gasteiger partial charge is 0.161 e. The molecule has 1 aromatic rings. The second kappa shape index (κ2) is 6.20. The van der Waals surface area contributed by atoms with Crippen molar-refractivity contribution in [1.82, 2.24) is 0 Å². The minimum Gasteiger partial charge on any atom is -0.490 e. The van der Waals surface area contributed by atoms with E-state index in [-0.39, 0.29) is 0 Å². The van der Waals surface area contributed by atoms with Gasteiger partial charge in [0.05, 0.1) is 13.2 Å². The molecule has 1 saturated carbocycles. The Bertz CT molecular complexity index is 498. The van der Waals surface area contributed by atoms with Crippen LogP contribution >= 0.6 is 15.9 Å². The van der Waals surface area contributed by atoms with Crippen LogP contribution < -0.4 is 9.47 Å². The predicted octanol–water partition coefficient (Wildman–Crippen LogP) is 5.50. The topological polar surface area (TPSA) is 18.5 Å². The zero-order valence-corrected chi connectivity index (χ0v) is 14.6. The van der Waals surface area contributed by atoms with Crippen molar-refractivity contribution < 1.29 is 9.47 Å². The number of rotatable bonds is 2. The highest BCUT2D eigenvalue weighted by molar-refractivity contribution is 9.09. The lowest BCUT2D eigenvalue weighted by atomic mass is 9.67. The lowest BCUT2D eigenvalue weighted by molar-refractivity contribution is 0.136. The van der Waals surface area contributed by atoms with E-state index in [0.29, 0.717) is 16.2 Å².